The van der Waals surface area contributed by atoms with E-state index in [1.165, 1.54) is 263 Å². The molecule has 0 saturated heterocycles. The summed E-state index contributed by atoms with van der Waals surface area (Å²) in [6, 6.07) is 0. The van der Waals surface area contributed by atoms with Gasteiger partial charge >= 0.3 is 17.9 Å². The molecule has 0 aliphatic heterocycles. The van der Waals surface area contributed by atoms with Crippen LogP contribution in [0.25, 0.3) is 0 Å². The van der Waals surface area contributed by atoms with E-state index in [1.54, 1.807) is 0 Å². The van der Waals surface area contributed by atoms with E-state index >= 15 is 0 Å². The molecule has 0 aromatic carbocycles. The third kappa shape index (κ3) is 58.8. The SMILES string of the molecule is CCCCC/C=C\C=C/CCCCCCCCCCCCC(=O)OCC(COC(=O)CCCCCCCCCCCCCCCCCCC)OC(=O)CCCCCCCCCCCCCCCCCCCC. The maximum Gasteiger partial charge on any atom is 0.306 e. The van der Waals surface area contributed by atoms with Gasteiger partial charge in [0.2, 0.25) is 0 Å². The monoisotopic (exact) mass is 1010 g/mol. The van der Waals surface area contributed by atoms with Crippen molar-refractivity contribution in [3.8, 4) is 0 Å². The number of carbonyl (C=O) groups is 3. The van der Waals surface area contributed by atoms with Gasteiger partial charge in [-0.3, -0.25) is 14.4 Å². The summed E-state index contributed by atoms with van der Waals surface area (Å²) in [6.07, 6.45) is 73.2. The Hall–Kier alpha value is -2.11. The third-order valence-corrected chi connectivity index (χ3v) is 14.7. The number of hydrogen-bond acceptors (Lipinski definition) is 6. The number of unbranched alkanes of at least 4 members (excludes halogenated alkanes) is 46. The van der Waals surface area contributed by atoms with Crippen molar-refractivity contribution in [3.05, 3.63) is 24.3 Å². The Balaban J connectivity index is 4.31. The van der Waals surface area contributed by atoms with Gasteiger partial charge in [0.1, 0.15) is 13.2 Å². The van der Waals surface area contributed by atoms with Gasteiger partial charge in [-0.15, -0.1) is 0 Å². The standard InChI is InChI=1S/C66H124O6/c1-4-7-10-13-16-19-22-25-28-31-33-36-38-41-44-47-50-53-56-59-65(68)71-62-63(61-70-64(67)58-55-52-49-46-43-40-37-34-30-27-24-21-18-15-12-9-6-3)72-66(69)60-57-54-51-48-45-42-39-35-32-29-26-23-20-17-14-11-8-5-2/h16,19,22,25,63H,4-15,17-18,20-21,23-24,26-62H2,1-3H3/b19-16-,25-22-. The molecule has 424 valence electrons. The lowest BCUT2D eigenvalue weighted by molar-refractivity contribution is -0.167. The Morgan fingerprint density at radius 3 is 0.764 bits per heavy atom. The van der Waals surface area contributed by atoms with Crippen molar-refractivity contribution < 1.29 is 28.6 Å². The quantitative estimate of drug-likeness (QED) is 0.0261. The molecule has 0 saturated carbocycles. The van der Waals surface area contributed by atoms with Gasteiger partial charge in [0.05, 0.1) is 0 Å². The molecule has 0 spiro atoms. The van der Waals surface area contributed by atoms with Crippen LogP contribution < -0.4 is 0 Å². The van der Waals surface area contributed by atoms with Crippen LogP contribution in [0.4, 0.5) is 0 Å². The van der Waals surface area contributed by atoms with Gasteiger partial charge in [-0.05, 0) is 44.9 Å². The summed E-state index contributed by atoms with van der Waals surface area (Å²) < 4.78 is 17.0. The lowest BCUT2D eigenvalue weighted by Crippen LogP contribution is -2.30. The lowest BCUT2D eigenvalue weighted by atomic mass is 10.0. The Morgan fingerprint density at radius 1 is 0.278 bits per heavy atom. The minimum absolute atomic E-state index is 0.0656. The molecule has 0 fully saturated rings. The first kappa shape index (κ1) is 69.9. The van der Waals surface area contributed by atoms with E-state index in [2.05, 4.69) is 45.1 Å². The van der Waals surface area contributed by atoms with E-state index < -0.39 is 6.10 Å². The highest BCUT2D eigenvalue weighted by Crippen LogP contribution is 2.18. The second-order valence-corrected chi connectivity index (χ2v) is 22.1. The maximum absolute atomic E-state index is 12.9. The van der Waals surface area contributed by atoms with Crippen molar-refractivity contribution >= 4 is 17.9 Å². The number of rotatable bonds is 60. The van der Waals surface area contributed by atoms with Crippen LogP contribution in [0.5, 0.6) is 0 Å². The van der Waals surface area contributed by atoms with Crippen molar-refractivity contribution in [3.63, 3.8) is 0 Å². The van der Waals surface area contributed by atoms with Crippen molar-refractivity contribution in [2.45, 2.75) is 367 Å². The van der Waals surface area contributed by atoms with Crippen LogP contribution in [0.3, 0.4) is 0 Å². The average Bonchev–Trinajstić information content (AvgIpc) is 3.38. The molecule has 0 aliphatic carbocycles. The molecule has 0 aliphatic rings. The van der Waals surface area contributed by atoms with E-state index in [1.807, 2.05) is 0 Å². The van der Waals surface area contributed by atoms with E-state index in [0.717, 1.165) is 57.8 Å². The fraction of sp³-hybridized carbons (Fsp3) is 0.894. The summed E-state index contributed by atoms with van der Waals surface area (Å²) in [5, 5.41) is 0. The summed E-state index contributed by atoms with van der Waals surface area (Å²) in [6.45, 7) is 6.69. The molecule has 1 unspecified atom stereocenters. The average molecular weight is 1010 g/mol. The zero-order chi connectivity index (χ0) is 52.2. The summed E-state index contributed by atoms with van der Waals surface area (Å²) in [5.41, 5.74) is 0. The highest BCUT2D eigenvalue weighted by Gasteiger charge is 2.19. The molecule has 0 bridgehead atoms. The molecule has 72 heavy (non-hydrogen) atoms. The van der Waals surface area contributed by atoms with Crippen LogP contribution >= 0.6 is 0 Å². The molecule has 0 rings (SSSR count). The number of allylic oxidation sites excluding steroid dienone is 4. The molecular weight excluding hydrogens is 889 g/mol. The second kappa shape index (κ2) is 61.4. The van der Waals surface area contributed by atoms with Crippen molar-refractivity contribution in [1.82, 2.24) is 0 Å². The van der Waals surface area contributed by atoms with Crippen molar-refractivity contribution in [2.24, 2.45) is 0 Å². The molecule has 0 radical (unpaired) electrons. The highest BCUT2D eigenvalue weighted by molar-refractivity contribution is 5.71. The first-order valence-electron chi connectivity index (χ1n) is 32.4. The summed E-state index contributed by atoms with van der Waals surface area (Å²) >= 11 is 0. The number of ether oxygens (including phenoxy) is 3. The van der Waals surface area contributed by atoms with Crippen LogP contribution in [0.1, 0.15) is 361 Å². The van der Waals surface area contributed by atoms with Gasteiger partial charge in [-0.25, -0.2) is 0 Å². The fourth-order valence-corrected chi connectivity index (χ4v) is 9.85. The predicted octanol–water partition coefficient (Wildman–Crippen LogP) is 21.8. The van der Waals surface area contributed by atoms with Crippen molar-refractivity contribution in [2.75, 3.05) is 13.2 Å². The topological polar surface area (TPSA) is 78.9 Å². The van der Waals surface area contributed by atoms with E-state index in [-0.39, 0.29) is 31.1 Å². The Labute approximate surface area is 449 Å². The largest absolute Gasteiger partial charge is 0.462 e. The molecule has 1 atom stereocenters. The molecule has 0 heterocycles. The van der Waals surface area contributed by atoms with E-state index in [9.17, 15) is 14.4 Å². The second-order valence-electron chi connectivity index (χ2n) is 22.1. The van der Waals surface area contributed by atoms with Gasteiger partial charge in [0.15, 0.2) is 6.10 Å². The van der Waals surface area contributed by atoms with Crippen molar-refractivity contribution in [1.29, 1.82) is 0 Å². The Kier molecular flexibility index (Phi) is 59.6. The normalized spacial score (nSPS) is 12.1. The maximum atomic E-state index is 12.9. The van der Waals surface area contributed by atoms with Gasteiger partial charge in [-0.1, -0.05) is 321 Å². The zero-order valence-corrected chi connectivity index (χ0v) is 48.7. The Morgan fingerprint density at radius 2 is 0.486 bits per heavy atom. The molecule has 0 aromatic rings. The first-order valence-corrected chi connectivity index (χ1v) is 32.4. The molecule has 0 aromatic heterocycles. The third-order valence-electron chi connectivity index (χ3n) is 14.7. The predicted molar refractivity (Wildman–Crippen MR) is 312 cm³/mol. The van der Waals surface area contributed by atoms with Crippen LogP contribution in [-0.4, -0.2) is 37.2 Å². The van der Waals surface area contributed by atoms with Crippen LogP contribution in [-0.2, 0) is 28.6 Å². The smallest absolute Gasteiger partial charge is 0.306 e. The van der Waals surface area contributed by atoms with Crippen LogP contribution in [0, 0.1) is 0 Å². The highest BCUT2D eigenvalue weighted by atomic mass is 16.6. The first-order chi connectivity index (χ1) is 35.5. The van der Waals surface area contributed by atoms with Gasteiger partial charge in [-0.2, -0.15) is 0 Å². The number of carbonyl (C=O) groups excluding carboxylic acids is 3. The van der Waals surface area contributed by atoms with Crippen LogP contribution in [0.2, 0.25) is 0 Å². The minimum atomic E-state index is -0.768. The number of esters is 3. The zero-order valence-electron chi connectivity index (χ0n) is 48.7. The Bertz CT molecular complexity index is 1160. The summed E-state index contributed by atoms with van der Waals surface area (Å²) in [7, 11) is 0. The molecule has 6 heteroatoms. The summed E-state index contributed by atoms with van der Waals surface area (Å²) in [4.78, 5) is 38.3. The van der Waals surface area contributed by atoms with Gasteiger partial charge < -0.3 is 14.2 Å². The van der Waals surface area contributed by atoms with Gasteiger partial charge in [0, 0.05) is 19.3 Å². The number of hydrogen-bond donors (Lipinski definition) is 0. The molecular formula is C66H124O6. The molecule has 6 nitrogen and oxygen atoms in total. The lowest BCUT2D eigenvalue weighted by Gasteiger charge is -2.18. The van der Waals surface area contributed by atoms with Crippen LogP contribution in [0.15, 0.2) is 24.3 Å². The fourth-order valence-electron chi connectivity index (χ4n) is 9.85. The molecule has 0 amide bonds. The van der Waals surface area contributed by atoms with E-state index in [4.69, 9.17) is 14.2 Å². The molecule has 0 N–H and O–H groups in total. The van der Waals surface area contributed by atoms with E-state index in [0.29, 0.717) is 19.3 Å². The summed E-state index contributed by atoms with van der Waals surface area (Å²) in [5.74, 6) is -0.839. The minimum Gasteiger partial charge on any atom is -0.462 e. The van der Waals surface area contributed by atoms with Gasteiger partial charge in [0.25, 0.3) is 0 Å².